The minimum atomic E-state index is -1.35. The average Bonchev–Trinajstić information content (AvgIpc) is 2.97. The quantitative estimate of drug-likeness (QED) is 0.608. The number of hydrogen-bond acceptors (Lipinski definition) is 3. The maximum Gasteiger partial charge on any atom is 0.243 e. The Hall–Kier alpha value is -2.50. The number of halogens is 2. The number of carbonyl (C=O) groups is 2. The summed E-state index contributed by atoms with van der Waals surface area (Å²) < 4.78 is 13.7. The summed E-state index contributed by atoms with van der Waals surface area (Å²) in [5, 5.41) is 3.25. The summed E-state index contributed by atoms with van der Waals surface area (Å²) >= 11 is 7.52. The fourth-order valence-electron chi connectivity index (χ4n) is 3.20. The fourth-order valence-corrected chi connectivity index (χ4v) is 4.57. The first kappa shape index (κ1) is 16.9. The molecule has 2 aromatic carbocycles. The van der Waals surface area contributed by atoms with E-state index >= 15 is 0 Å². The molecule has 3 nitrogen and oxygen atoms in total. The molecule has 0 spiro atoms. The molecule has 2 heterocycles. The van der Waals surface area contributed by atoms with Crippen molar-refractivity contribution in [1.29, 1.82) is 0 Å². The third-order valence-electron chi connectivity index (χ3n) is 4.71. The Morgan fingerprint density at radius 2 is 1.65 bits per heavy atom. The maximum atomic E-state index is 13.4. The van der Waals surface area contributed by atoms with Crippen molar-refractivity contribution in [2.45, 2.75) is 12.3 Å². The zero-order valence-corrected chi connectivity index (χ0v) is 15.2. The molecule has 26 heavy (non-hydrogen) atoms. The van der Waals surface area contributed by atoms with Gasteiger partial charge >= 0.3 is 0 Å². The van der Waals surface area contributed by atoms with Gasteiger partial charge in [0.05, 0.1) is 5.56 Å². The zero-order valence-electron chi connectivity index (χ0n) is 13.7. The lowest BCUT2D eigenvalue weighted by Crippen LogP contribution is -2.48. The number of ketones is 1. The van der Waals surface area contributed by atoms with Crippen LogP contribution in [0, 0.1) is 5.82 Å². The van der Waals surface area contributed by atoms with Crippen LogP contribution in [-0.2, 0) is 10.2 Å². The van der Waals surface area contributed by atoms with Crippen molar-refractivity contribution >= 4 is 39.6 Å². The molecular formula is C20H13ClFNO2S. The first-order valence-electron chi connectivity index (χ1n) is 7.93. The summed E-state index contributed by atoms with van der Waals surface area (Å²) in [6.07, 6.45) is 0. The van der Waals surface area contributed by atoms with Crippen LogP contribution in [0.1, 0.15) is 22.8 Å². The third kappa shape index (κ3) is 2.39. The minimum Gasteiger partial charge on any atom is -0.316 e. The van der Waals surface area contributed by atoms with Crippen LogP contribution in [0.2, 0.25) is 4.34 Å². The van der Waals surface area contributed by atoms with E-state index in [9.17, 15) is 14.0 Å². The Bertz CT molecular complexity index is 1030. The number of amides is 1. The van der Waals surface area contributed by atoms with Gasteiger partial charge < -0.3 is 5.32 Å². The number of hydrogen-bond donors (Lipinski definition) is 1. The Morgan fingerprint density at radius 1 is 1.00 bits per heavy atom. The Morgan fingerprint density at radius 3 is 2.31 bits per heavy atom. The molecule has 1 amide bonds. The van der Waals surface area contributed by atoms with Gasteiger partial charge in [-0.05, 0) is 30.2 Å². The van der Waals surface area contributed by atoms with Crippen molar-refractivity contribution in [3.63, 3.8) is 0 Å². The van der Waals surface area contributed by atoms with E-state index in [-0.39, 0.29) is 17.5 Å². The molecule has 0 bridgehead atoms. The predicted molar refractivity (Wildman–Crippen MR) is 101 cm³/mol. The number of thiophene rings is 1. The van der Waals surface area contributed by atoms with Crippen LogP contribution in [-0.4, -0.2) is 11.7 Å². The first-order valence-corrected chi connectivity index (χ1v) is 9.12. The number of Topliss-reactive ketones (excluding diaryl/α,β-unsaturated/α-hetero) is 1. The van der Waals surface area contributed by atoms with Crippen LogP contribution in [0.25, 0.3) is 11.1 Å². The smallest absolute Gasteiger partial charge is 0.243 e. The minimum absolute atomic E-state index is 0.315. The maximum absolute atomic E-state index is 13.4. The lowest BCUT2D eigenvalue weighted by molar-refractivity contribution is -0.119. The SMILES string of the molecule is CC1(c2ccccc2)C(=O)Nc2sc(Cl)c(-c3ccc(F)cc3)c2C1=O. The molecule has 1 aliphatic heterocycles. The standard InChI is InChI=1S/C20H13ClFNO2S/c1-20(12-5-3-2-4-6-12)16(24)15-14(11-7-9-13(22)10-8-11)17(21)26-18(15)23-19(20)25/h2-10H,1H3,(H,23,25). The molecule has 1 aromatic heterocycles. The van der Waals surface area contributed by atoms with Gasteiger partial charge in [-0.25, -0.2) is 4.39 Å². The number of nitrogens with one attached hydrogen (secondary N) is 1. The third-order valence-corrected chi connectivity index (χ3v) is 6.03. The molecule has 0 fully saturated rings. The Balaban J connectivity index is 1.93. The monoisotopic (exact) mass is 385 g/mol. The highest BCUT2D eigenvalue weighted by Crippen LogP contribution is 2.49. The van der Waals surface area contributed by atoms with Crippen molar-refractivity contribution in [3.8, 4) is 11.1 Å². The number of carbonyl (C=O) groups excluding carboxylic acids is 2. The summed E-state index contributed by atoms with van der Waals surface area (Å²) in [7, 11) is 0. The summed E-state index contributed by atoms with van der Waals surface area (Å²) in [5.74, 6) is -1.07. The molecule has 1 unspecified atom stereocenters. The van der Waals surface area contributed by atoms with Crippen molar-refractivity contribution in [3.05, 3.63) is 75.9 Å². The van der Waals surface area contributed by atoms with Crippen molar-refractivity contribution in [1.82, 2.24) is 0 Å². The van der Waals surface area contributed by atoms with Gasteiger partial charge in [0.2, 0.25) is 5.91 Å². The van der Waals surface area contributed by atoms with Crippen LogP contribution in [0.15, 0.2) is 54.6 Å². The highest BCUT2D eigenvalue weighted by Gasteiger charge is 2.49. The van der Waals surface area contributed by atoms with Gasteiger partial charge in [-0.1, -0.05) is 54.1 Å². The molecule has 0 aliphatic carbocycles. The zero-order chi connectivity index (χ0) is 18.5. The summed E-state index contributed by atoms with van der Waals surface area (Å²) in [4.78, 5) is 26.2. The molecule has 130 valence electrons. The van der Waals surface area contributed by atoms with E-state index in [1.807, 2.05) is 6.07 Å². The van der Waals surface area contributed by atoms with Crippen molar-refractivity contribution in [2.24, 2.45) is 0 Å². The first-order chi connectivity index (χ1) is 12.4. The predicted octanol–water partition coefficient (Wildman–Crippen LogP) is 5.30. The average molecular weight is 386 g/mol. The largest absolute Gasteiger partial charge is 0.316 e. The molecule has 1 aliphatic rings. The van der Waals surface area contributed by atoms with Crippen LogP contribution in [0.5, 0.6) is 0 Å². The van der Waals surface area contributed by atoms with E-state index in [4.69, 9.17) is 11.6 Å². The van der Waals surface area contributed by atoms with Crippen LogP contribution < -0.4 is 5.32 Å². The van der Waals surface area contributed by atoms with E-state index in [2.05, 4.69) is 5.32 Å². The van der Waals surface area contributed by atoms with E-state index in [0.29, 0.717) is 31.6 Å². The normalized spacial score (nSPS) is 19.2. The Kier molecular flexibility index (Phi) is 3.93. The van der Waals surface area contributed by atoms with Gasteiger partial charge in [0.1, 0.15) is 20.6 Å². The molecule has 0 radical (unpaired) electrons. The summed E-state index contributed by atoms with van der Waals surface area (Å²) in [5.41, 5.74) is 0.790. The molecule has 6 heteroatoms. The Labute approximate surface area is 158 Å². The van der Waals surface area contributed by atoms with Gasteiger partial charge in [0.15, 0.2) is 5.78 Å². The topological polar surface area (TPSA) is 46.2 Å². The van der Waals surface area contributed by atoms with Gasteiger partial charge in [-0.2, -0.15) is 0 Å². The van der Waals surface area contributed by atoms with Crippen molar-refractivity contribution < 1.29 is 14.0 Å². The summed E-state index contributed by atoms with van der Waals surface area (Å²) in [6.45, 7) is 1.61. The highest BCUT2D eigenvalue weighted by molar-refractivity contribution is 7.21. The number of anilines is 1. The van der Waals surface area contributed by atoms with Crippen molar-refractivity contribution in [2.75, 3.05) is 5.32 Å². The van der Waals surface area contributed by atoms with Gasteiger partial charge in [-0.15, -0.1) is 11.3 Å². The molecule has 1 N–H and O–H groups in total. The molecule has 3 aromatic rings. The molecule has 0 saturated heterocycles. The fraction of sp³-hybridized carbons (Fsp3) is 0.100. The highest BCUT2D eigenvalue weighted by atomic mass is 35.5. The molecule has 0 saturated carbocycles. The molecular weight excluding hydrogens is 373 g/mol. The van der Waals surface area contributed by atoms with E-state index in [0.717, 1.165) is 11.3 Å². The number of benzene rings is 2. The van der Waals surface area contributed by atoms with E-state index in [1.54, 1.807) is 43.3 Å². The van der Waals surface area contributed by atoms with Gasteiger partial charge in [-0.3, -0.25) is 9.59 Å². The number of rotatable bonds is 2. The van der Waals surface area contributed by atoms with E-state index in [1.165, 1.54) is 12.1 Å². The van der Waals surface area contributed by atoms with E-state index < -0.39 is 5.41 Å². The second-order valence-electron chi connectivity index (χ2n) is 6.24. The lowest BCUT2D eigenvalue weighted by atomic mass is 9.73. The summed E-state index contributed by atoms with van der Waals surface area (Å²) in [6, 6.07) is 14.7. The van der Waals surface area contributed by atoms with Gasteiger partial charge in [0.25, 0.3) is 0 Å². The molecule has 1 atom stereocenters. The molecule has 4 rings (SSSR count). The lowest BCUT2D eigenvalue weighted by Gasteiger charge is -2.31. The van der Waals surface area contributed by atoms with Gasteiger partial charge in [0, 0.05) is 5.56 Å². The number of fused-ring (bicyclic) bond motifs is 1. The van der Waals surface area contributed by atoms with Crippen LogP contribution >= 0.6 is 22.9 Å². The van der Waals surface area contributed by atoms with Crippen LogP contribution in [0.4, 0.5) is 9.39 Å². The van der Waals surface area contributed by atoms with Crippen LogP contribution in [0.3, 0.4) is 0 Å². The second-order valence-corrected chi connectivity index (χ2v) is 7.86. The second kappa shape index (κ2) is 6.04.